The summed E-state index contributed by atoms with van der Waals surface area (Å²) in [5, 5.41) is 0. The molecule has 6 heteroatoms. The summed E-state index contributed by atoms with van der Waals surface area (Å²) in [6.45, 7) is 2.62. The number of aryl methyl sites for hydroxylation is 1. The van der Waals surface area contributed by atoms with Gasteiger partial charge >= 0.3 is 5.97 Å². The first-order valence-electron chi connectivity index (χ1n) is 11.2. The molecule has 0 N–H and O–H groups in total. The highest BCUT2D eigenvalue weighted by Crippen LogP contribution is 2.48. The van der Waals surface area contributed by atoms with Crippen LogP contribution >= 0.6 is 0 Å². The van der Waals surface area contributed by atoms with E-state index in [4.69, 9.17) is 18.9 Å². The number of hydrogen-bond donors (Lipinski definition) is 0. The van der Waals surface area contributed by atoms with Crippen LogP contribution in [0.25, 0.3) is 11.1 Å². The number of carbonyl (C=O) groups excluding carboxylic acids is 2. The monoisotopic (exact) mass is 438 g/mol. The fraction of sp³-hybridized carbons (Fsp3) is 0.462. The highest BCUT2D eigenvalue weighted by Gasteiger charge is 2.47. The molecule has 0 bridgehead atoms. The van der Waals surface area contributed by atoms with Gasteiger partial charge in [-0.3, -0.25) is 9.59 Å². The summed E-state index contributed by atoms with van der Waals surface area (Å²) >= 11 is 0. The molecule has 1 saturated carbocycles. The van der Waals surface area contributed by atoms with E-state index in [0.717, 1.165) is 54.4 Å². The van der Waals surface area contributed by atoms with Crippen molar-refractivity contribution in [1.29, 1.82) is 0 Å². The van der Waals surface area contributed by atoms with Crippen LogP contribution in [0.5, 0.6) is 17.2 Å². The smallest absolute Gasteiger partial charge is 0.315 e. The lowest BCUT2D eigenvalue weighted by Crippen LogP contribution is -2.44. The van der Waals surface area contributed by atoms with E-state index >= 15 is 0 Å². The van der Waals surface area contributed by atoms with Crippen molar-refractivity contribution in [3.05, 3.63) is 41.5 Å². The molecule has 2 aliphatic rings. The molecule has 170 valence electrons. The lowest BCUT2D eigenvalue weighted by Gasteiger charge is -2.39. The second-order valence-electron chi connectivity index (χ2n) is 8.53. The van der Waals surface area contributed by atoms with Crippen LogP contribution in [0, 0.1) is 5.41 Å². The summed E-state index contributed by atoms with van der Waals surface area (Å²) in [4.78, 5) is 24.8. The van der Waals surface area contributed by atoms with Crippen molar-refractivity contribution in [2.45, 2.75) is 45.4 Å². The maximum atomic E-state index is 12.7. The van der Waals surface area contributed by atoms with Crippen molar-refractivity contribution in [3.8, 4) is 28.4 Å². The first-order valence-corrected chi connectivity index (χ1v) is 11.2. The Balaban J connectivity index is 1.69. The van der Waals surface area contributed by atoms with Gasteiger partial charge in [0.1, 0.15) is 12.0 Å². The number of Topliss-reactive ketones (excluding diaryl/α,β-unsaturated/α-hetero) is 1. The van der Waals surface area contributed by atoms with E-state index < -0.39 is 5.41 Å². The average Bonchev–Trinajstić information content (AvgIpc) is 3.16. The van der Waals surface area contributed by atoms with Gasteiger partial charge < -0.3 is 18.9 Å². The number of esters is 1. The first-order chi connectivity index (χ1) is 15.5. The lowest BCUT2D eigenvalue weighted by molar-refractivity contribution is -0.164. The zero-order valence-corrected chi connectivity index (χ0v) is 19.0. The van der Waals surface area contributed by atoms with Crippen LogP contribution in [0.4, 0.5) is 0 Å². The van der Waals surface area contributed by atoms with Gasteiger partial charge in [-0.2, -0.15) is 0 Å². The number of rotatable bonds is 9. The summed E-state index contributed by atoms with van der Waals surface area (Å²) in [6.07, 6.45) is 4.56. The molecule has 0 saturated heterocycles. The standard InChI is InChI=1S/C26H30O6/c1-4-14-31-25(28)26(12-5-13-26)16-32-23-20(9-11-22(29-2)24(23)30-3)18-6-8-19-17(15-18)7-10-21(19)27/h6,8-9,11,15H,4-5,7,10,12-14,16H2,1-3H3. The number of ketones is 1. The van der Waals surface area contributed by atoms with E-state index in [0.29, 0.717) is 30.3 Å². The predicted molar refractivity (Wildman–Crippen MR) is 121 cm³/mol. The number of carbonyl (C=O) groups is 2. The topological polar surface area (TPSA) is 71.1 Å². The molecule has 0 spiro atoms. The maximum Gasteiger partial charge on any atom is 0.315 e. The summed E-state index contributed by atoms with van der Waals surface area (Å²) in [5.41, 5.74) is 2.99. The quantitative estimate of drug-likeness (QED) is 0.513. The average molecular weight is 439 g/mol. The molecule has 2 aliphatic carbocycles. The van der Waals surface area contributed by atoms with Crippen LogP contribution in [0.3, 0.4) is 0 Å². The molecule has 2 aromatic rings. The largest absolute Gasteiger partial charge is 0.493 e. The van der Waals surface area contributed by atoms with Crippen LogP contribution in [0.1, 0.15) is 54.9 Å². The van der Waals surface area contributed by atoms with Crippen LogP contribution in [-0.4, -0.2) is 39.2 Å². The van der Waals surface area contributed by atoms with E-state index in [-0.39, 0.29) is 18.4 Å². The van der Waals surface area contributed by atoms with Gasteiger partial charge in [0.05, 0.1) is 20.8 Å². The second kappa shape index (κ2) is 9.23. The second-order valence-corrected chi connectivity index (χ2v) is 8.53. The molecule has 1 fully saturated rings. The van der Waals surface area contributed by atoms with E-state index in [9.17, 15) is 9.59 Å². The van der Waals surface area contributed by atoms with Gasteiger partial charge in [0, 0.05) is 17.5 Å². The van der Waals surface area contributed by atoms with Crippen molar-refractivity contribution in [3.63, 3.8) is 0 Å². The van der Waals surface area contributed by atoms with Crippen molar-refractivity contribution in [2.24, 2.45) is 5.41 Å². The van der Waals surface area contributed by atoms with Gasteiger partial charge in [-0.15, -0.1) is 0 Å². The van der Waals surface area contributed by atoms with Gasteiger partial charge in [-0.05, 0) is 48.9 Å². The van der Waals surface area contributed by atoms with Crippen LogP contribution < -0.4 is 14.2 Å². The van der Waals surface area contributed by atoms with Crippen LogP contribution in [-0.2, 0) is 16.0 Å². The van der Waals surface area contributed by atoms with Crippen molar-refractivity contribution in [2.75, 3.05) is 27.4 Å². The molecule has 2 aromatic carbocycles. The highest BCUT2D eigenvalue weighted by atomic mass is 16.5. The van der Waals surface area contributed by atoms with Crippen LogP contribution in [0.15, 0.2) is 30.3 Å². The SMILES string of the molecule is CCCOC(=O)C1(COc2c(-c3ccc4c(c3)CCC4=O)ccc(OC)c2OC)CCC1. The normalized spacial score (nSPS) is 16.2. The Labute approximate surface area is 188 Å². The van der Waals surface area contributed by atoms with Crippen molar-refractivity contribution < 1.29 is 28.5 Å². The molecule has 0 unspecified atom stereocenters. The minimum atomic E-state index is -0.620. The Kier molecular flexibility index (Phi) is 6.40. The van der Waals surface area contributed by atoms with E-state index in [1.165, 1.54) is 0 Å². The fourth-order valence-electron chi connectivity index (χ4n) is 4.46. The molecule has 0 amide bonds. The molecule has 4 rings (SSSR count). The Morgan fingerprint density at radius 2 is 1.78 bits per heavy atom. The minimum Gasteiger partial charge on any atom is -0.493 e. The van der Waals surface area contributed by atoms with Crippen molar-refractivity contribution >= 4 is 11.8 Å². The molecule has 32 heavy (non-hydrogen) atoms. The number of methoxy groups -OCH3 is 2. The van der Waals surface area contributed by atoms with Gasteiger partial charge in [0.15, 0.2) is 17.3 Å². The minimum absolute atomic E-state index is 0.188. The highest BCUT2D eigenvalue weighted by molar-refractivity contribution is 6.01. The van der Waals surface area contributed by atoms with Gasteiger partial charge in [-0.1, -0.05) is 31.5 Å². The number of benzene rings is 2. The number of hydrogen-bond acceptors (Lipinski definition) is 6. The van der Waals surface area contributed by atoms with Gasteiger partial charge in [0.2, 0.25) is 5.75 Å². The molecular weight excluding hydrogens is 408 g/mol. The Bertz CT molecular complexity index is 1020. The Hall–Kier alpha value is -3.02. The molecule has 6 nitrogen and oxygen atoms in total. The zero-order valence-electron chi connectivity index (χ0n) is 19.0. The summed E-state index contributed by atoms with van der Waals surface area (Å²) in [6, 6.07) is 9.63. The molecule has 0 aromatic heterocycles. The van der Waals surface area contributed by atoms with E-state index in [1.807, 2.05) is 37.3 Å². The third kappa shape index (κ3) is 3.94. The molecule has 0 heterocycles. The van der Waals surface area contributed by atoms with Gasteiger partial charge in [0.25, 0.3) is 0 Å². The Morgan fingerprint density at radius 1 is 1.00 bits per heavy atom. The molecular formula is C26H30O6. The fourth-order valence-corrected chi connectivity index (χ4v) is 4.46. The zero-order chi connectivity index (χ0) is 22.7. The number of ether oxygens (including phenoxy) is 4. The lowest BCUT2D eigenvalue weighted by atomic mass is 9.69. The van der Waals surface area contributed by atoms with E-state index in [2.05, 4.69) is 0 Å². The predicted octanol–water partition coefficient (Wildman–Crippen LogP) is 5.00. The summed E-state index contributed by atoms with van der Waals surface area (Å²) in [5.74, 6) is 1.57. The summed E-state index contributed by atoms with van der Waals surface area (Å²) < 4.78 is 22.9. The number of fused-ring (bicyclic) bond motifs is 1. The maximum absolute atomic E-state index is 12.7. The van der Waals surface area contributed by atoms with Crippen LogP contribution in [0.2, 0.25) is 0 Å². The molecule has 0 aliphatic heterocycles. The molecule has 0 atom stereocenters. The van der Waals surface area contributed by atoms with Crippen molar-refractivity contribution in [1.82, 2.24) is 0 Å². The van der Waals surface area contributed by atoms with Gasteiger partial charge in [-0.25, -0.2) is 0 Å². The first kappa shape index (κ1) is 22.2. The van der Waals surface area contributed by atoms with E-state index in [1.54, 1.807) is 14.2 Å². The Morgan fingerprint density at radius 3 is 2.44 bits per heavy atom. The third-order valence-corrected chi connectivity index (χ3v) is 6.51. The molecule has 0 radical (unpaired) electrons. The third-order valence-electron chi connectivity index (χ3n) is 6.51. The summed E-state index contributed by atoms with van der Waals surface area (Å²) in [7, 11) is 3.16.